The van der Waals surface area contributed by atoms with Gasteiger partial charge in [-0.15, -0.1) is 0 Å². The number of anilines is 2. The number of unbranched alkanes of at least 4 members (excludes halogenated alkanes) is 1. The van der Waals surface area contributed by atoms with Crippen molar-refractivity contribution in [3.05, 3.63) is 67.5 Å². The molecule has 31 heavy (non-hydrogen) atoms. The largest absolute Gasteiger partial charge is 0.394 e. The van der Waals surface area contributed by atoms with Crippen LogP contribution in [0.25, 0.3) is 10.9 Å². The minimum atomic E-state index is -1.10. The van der Waals surface area contributed by atoms with Crippen LogP contribution in [0.1, 0.15) is 26.7 Å². The number of aliphatic hydroxyl groups is 2. The maximum atomic E-state index is 14.2. The third-order valence-electron chi connectivity index (χ3n) is 4.69. The van der Waals surface area contributed by atoms with Gasteiger partial charge in [0.05, 0.1) is 41.5 Å². The third-order valence-corrected chi connectivity index (χ3v) is 5.18. The molecule has 1 unspecified atom stereocenters. The van der Waals surface area contributed by atoms with E-state index in [2.05, 4.69) is 35.1 Å². The van der Waals surface area contributed by atoms with Crippen LogP contribution < -0.4 is 16.4 Å². The number of hydrogen-bond acceptors (Lipinski definition) is 5. The van der Waals surface area contributed by atoms with Crippen molar-refractivity contribution in [1.82, 2.24) is 9.13 Å². The number of aryl methyl sites for hydroxylation is 1. The molecule has 2 heterocycles. The van der Waals surface area contributed by atoms with Gasteiger partial charge < -0.3 is 24.7 Å². The van der Waals surface area contributed by atoms with Gasteiger partial charge in [-0.05, 0) is 24.3 Å². The third kappa shape index (κ3) is 6.03. The van der Waals surface area contributed by atoms with Crippen molar-refractivity contribution in [1.29, 1.82) is 0 Å². The number of rotatable bonds is 6. The lowest BCUT2D eigenvalue weighted by Gasteiger charge is -2.15. The first-order valence-corrected chi connectivity index (χ1v) is 10.8. The fourth-order valence-electron chi connectivity index (χ4n) is 2.77. The molecule has 2 aromatic heterocycles. The Bertz CT molecular complexity index is 1160. The Kier molecular flexibility index (Phi) is 8.97. The van der Waals surface area contributed by atoms with Crippen molar-refractivity contribution in [2.24, 2.45) is 7.05 Å². The number of nitrogens with one attached hydrogen (secondary N) is 1. The molecule has 168 valence electrons. The average molecular weight is 496 g/mol. The highest BCUT2D eigenvalue weighted by molar-refractivity contribution is 9.10. The molecule has 0 spiro atoms. The fourth-order valence-corrected chi connectivity index (χ4v) is 3.10. The van der Waals surface area contributed by atoms with Gasteiger partial charge >= 0.3 is 0 Å². The van der Waals surface area contributed by atoms with Crippen LogP contribution in [0.5, 0.6) is 0 Å². The van der Waals surface area contributed by atoms with E-state index in [0.717, 1.165) is 0 Å². The average Bonchev–Trinajstić information content (AvgIpc) is 2.75. The molecule has 0 aliphatic carbocycles. The summed E-state index contributed by atoms with van der Waals surface area (Å²) in [6.07, 6.45) is 2.97. The molecule has 1 atom stereocenters. The van der Waals surface area contributed by atoms with E-state index in [0.29, 0.717) is 9.99 Å². The Morgan fingerprint density at radius 2 is 1.81 bits per heavy atom. The second kappa shape index (κ2) is 11.2. The highest BCUT2D eigenvalue weighted by atomic mass is 79.9. The van der Waals surface area contributed by atoms with E-state index in [9.17, 15) is 19.1 Å². The maximum Gasteiger partial charge on any atom is 0.262 e. The first-order chi connectivity index (χ1) is 14.7. The Hall–Kier alpha value is -2.49. The molecular weight excluding hydrogens is 469 g/mol. The quantitative estimate of drug-likeness (QED) is 0.486. The van der Waals surface area contributed by atoms with E-state index in [-0.39, 0.29) is 28.9 Å². The van der Waals surface area contributed by atoms with Gasteiger partial charge in [-0.25, -0.2) is 4.39 Å². The van der Waals surface area contributed by atoms with Crippen molar-refractivity contribution in [3.8, 4) is 0 Å². The van der Waals surface area contributed by atoms with E-state index in [1.54, 1.807) is 12.1 Å². The zero-order valence-electron chi connectivity index (χ0n) is 17.7. The Morgan fingerprint density at radius 3 is 2.39 bits per heavy atom. The monoisotopic (exact) mass is 495 g/mol. The summed E-state index contributed by atoms with van der Waals surface area (Å²) < 4.78 is 17.3. The minimum absolute atomic E-state index is 0.109. The van der Waals surface area contributed by atoms with E-state index < -0.39 is 24.1 Å². The number of aliphatic hydroxyl groups excluding tert-OH is 2. The van der Waals surface area contributed by atoms with Crippen LogP contribution in [0, 0.1) is 5.82 Å². The summed E-state index contributed by atoms with van der Waals surface area (Å²) in [5.41, 5.74) is -0.210. The minimum Gasteiger partial charge on any atom is -0.394 e. The molecule has 0 radical (unpaired) electrons. The van der Waals surface area contributed by atoms with Gasteiger partial charge in [-0.1, -0.05) is 42.6 Å². The summed E-state index contributed by atoms with van der Waals surface area (Å²) in [5.74, 6) is -0.551. The summed E-state index contributed by atoms with van der Waals surface area (Å²) in [4.78, 5) is 25.2. The SMILES string of the molecule is CCCC.Cn1c(=O)cc(Nc2ccc(Br)cc2F)c2c(=O)n(CC(O)CO)ccc21. The van der Waals surface area contributed by atoms with Crippen LogP contribution in [0.4, 0.5) is 15.8 Å². The smallest absolute Gasteiger partial charge is 0.262 e. The number of hydrogen-bond donors (Lipinski definition) is 3. The molecule has 7 nitrogen and oxygen atoms in total. The van der Waals surface area contributed by atoms with Gasteiger partial charge in [0.1, 0.15) is 5.82 Å². The Labute approximate surface area is 187 Å². The molecule has 0 amide bonds. The lowest BCUT2D eigenvalue weighted by molar-refractivity contribution is 0.0805. The van der Waals surface area contributed by atoms with E-state index in [1.165, 1.54) is 53.4 Å². The Balaban J connectivity index is 0.000000785. The van der Waals surface area contributed by atoms with Crippen molar-refractivity contribution >= 4 is 38.2 Å². The molecule has 3 rings (SSSR count). The van der Waals surface area contributed by atoms with Crippen LogP contribution in [0.15, 0.2) is 50.6 Å². The Morgan fingerprint density at radius 1 is 1.13 bits per heavy atom. The molecule has 3 N–H and O–H groups in total. The van der Waals surface area contributed by atoms with Gasteiger partial charge in [0.15, 0.2) is 0 Å². The van der Waals surface area contributed by atoms with E-state index >= 15 is 0 Å². The highest BCUT2D eigenvalue weighted by Gasteiger charge is 2.15. The van der Waals surface area contributed by atoms with Gasteiger partial charge in [-0.2, -0.15) is 0 Å². The van der Waals surface area contributed by atoms with Gasteiger partial charge in [-0.3, -0.25) is 9.59 Å². The van der Waals surface area contributed by atoms with Gasteiger partial charge in [0.2, 0.25) is 0 Å². The summed E-state index contributed by atoms with van der Waals surface area (Å²) in [6.45, 7) is 3.76. The predicted octanol–water partition coefficient (Wildman–Crippen LogP) is 3.51. The van der Waals surface area contributed by atoms with E-state index in [1.807, 2.05) is 0 Å². The summed E-state index contributed by atoms with van der Waals surface area (Å²) >= 11 is 3.17. The lowest BCUT2D eigenvalue weighted by Crippen LogP contribution is -2.30. The lowest BCUT2D eigenvalue weighted by atomic mass is 10.2. The highest BCUT2D eigenvalue weighted by Crippen LogP contribution is 2.26. The normalized spacial score (nSPS) is 11.7. The van der Waals surface area contributed by atoms with Crippen LogP contribution in [0.2, 0.25) is 0 Å². The summed E-state index contributed by atoms with van der Waals surface area (Å²) in [5, 5.41) is 21.6. The van der Waals surface area contributed by atoms with Crippen molar-refractivity contribution in [2.75, 3.05) is 11.9 Å². The first-order valence-electron chi connectivity index (χ1n) is 9.97. The van der Waals surface area contributed by atoms with Crippen molar-refractivity contribution in [2.45, 2.75) is 39.3 Å². The van der Waals surface area contributed by atoms with Crippen molar-refractivity contribution < 1.29 is 14.6 Å². The zero-order chi connectivity index (χ0) is 23.1. The van der Waals surface area contributed by atoms with Gasteiger partial charge in [0.25, 0.3) is 11.1 Å². The van der Waals surface area contributed by atoms with Gasteiger partial charge in [0, 0.05) is 23.8 Å². The molecule has 0 fully saturated rings. The van der Waals surface area contributed by atoms with Crippen LogP contribution in [-0.2, 0) is 13.6 Å². The molecule has 0 saturated carbocycles. The number of pyridine rings is 2. The molecule has 0 bridgehead atoms. The molecule has 3 aromatic rings. The molecule has 0 saturated heterocycles. The number of benzene rings is 1. The second-order valence-electron chi connectivity index (χ2n) is 7.07. The maximum absolute atomic E-state index is 14.2. The number of halogens is 2. The number of nitrogens with zero attached hydrogens (tertiary/aromatic N) is 2. The molecule has 0 aliphatic heterocycles. The predicted molar refractivity (Wildman–Crippen MR) is 125 cm³/mol. The molecule has 9 heteroatoms. The summed E-state index contributed by atoms with van der Waals surface area (Å²) in [6, 6.07) is 7.16. The number of fused-ring (bicyclic) bond motifs is 1. The van der Waals surface area contributed by atoms with E-state index in [4.69, 9.17) is 5.11 Å². The fraction of sp³-hybridized carbons (Fsp3) is 0.364. The second-order valence-corrected chi connectivity index (χ2v) is 7.99. The zero-order valence-corrected chi connectivity index (χ0v) is 19.3. The molecular formula is C22H27BrFN3O4. The van der Waals surface area contributed by atoms with Crippen LogP contribution in [-0.4, -0.2) is 32.1 Å². The standard InChI is InChI=1S/C18H17BrFN3O4.C4H10/c1-22-15-4-5-23(8-11(25)9-24)18(27)17(15)14(7-16(22)26)21-13-3-2-10(19)6-12(13)20;1-3-4-2/h2-7,11,21,24-25H,8-9H2,1H3;3-4H2,1-2H3. The molecule has 0 aliphatic rings. The van der Waals surface area contributed by atoms with Crippen LogP contribution in [0.3, 0.4) is 0 Å². The first kappa shape index (κ1) is 24.8. The number of aromatic nitrogens is 2. The van der Waals surface area contributed by atoms with Crippen molar-refractivity contribution in [3.63, 3.8) is 0 Å². The summed E-state index contributed by atoms with van der Waals surface area (Å²) in [7, 11) is 1.53. The topological polar surface area (TPSA) is 96.5 Å². The van der Waals surface area contributed by atoms with Crippen LogP contribution >= 0.6 is 15.9 Å². The molecule has 1 aromatic carbocycles.